The van der Waals surface area contributed by atoms with Gasteiger partial charge in [0.25, 0.3) is 5.91 Å². The van der Waals surface area contributed by atoms with Gasteiger partial charge in [0, 0.05) is 41.5 Å². The fourth-order valence-corrected chi connectivity index (χ4v) is 3.22. The van der Waals surface area contributed by atoms with E-state index < -0.39 is 15.6 Å². The minimum Gasteiger partial charge on any atom is -0.338 e. The molecule has 1 atom stereocenters. The molecule has 0 radical (unpaired) electrons. The number of aromatic amines is 1. The van der Waals surface area contributed by atoms with Crippen LogP contribution in [0.2, 0.25) is 0 Å². The summed E-state index contributed by atoms with van der Waals surface area (Å²) in [5, 5.41) is 0. The maximum atomic E-state index is 12.7. The van der Waals surface area contributed by atoms with Gasteiger partial charge in [0.2, 0.25) is 0 Å². The van der Waals surface area contributed by atoms with Crippen LogP contribution in [0.25, 0.3) is 0 Å². The van der Waals surface area contributed by atoms with Crippen LogP contribution in [0.5, 0.6) is 0 Å². The number of nitrogens with zero attached hydrogens (tertiary/aromatic N) is 3. The number of rotatable bonds is 2. The normalized spacial score (nSPS) is 12.5. The molecule has 2 heterocycles. The van der Waals surface area contributed by atoms with Gasteiger partial charge in [-0.05, 0) is 24.1 Å². The number of aromatic nitrogens is 3. The molecule has 124 valence electrons. The molecule has 1 amide bonds. The predicted octanol–water partition coefficient (Wildman–Crippen LogP) is 2.50. The summed E-state index contributed by atoms with van der Waals surface area (Å²) in [6.07, 6.45) is 7.62. The Morgan fingerprint density at radius 2 is 2.00 bits per heavy atom. The summed E-state index contributed by atoms with van der Waals surface area (Å²) in [6, 6.07) is 10.3. The zero-order valence-electron chi connectivity index (χ0n) is 13.3. The van der Waals surface area contributed by atoms with E-state index in [2.05, 4.69) is 31.2 Å². The third-order valence-corrected chi connectivity index (χ3v) is 4.91. The number of nitrogens with one attached hydrogen (secondary N) is 1. The van der Waals surface area contributed by atoms with Gasteiger partial charge < -0.3 is 4.98 Å². The molecule has 1 aromatic carbocycles. The molecule has 3 rings (SSSR count). The fraction of sp³-hybridized carbons (Fsp3) is 0.0556. The molecule has 0 fully saturated rings. The predicted molar refractivity (Wildman–Crippen MR) is 94.3 cm³/mol. The van der Waals surface area contributed by atoms with Crippen LogP contribution in [0.15, 0.2) is 70.4 Å². The largest absolute Gasteiger partial charge is 0.338 e. The Morgan fingerprint density at radius 3 is 2.72 bits per heavy atom. The SMILES string of the molecule is C[S@@](=O)(=NC(=O)c1cncc(C#Cc2ncc[nH]2)c1)c1ccccc1. The Morgan fingerprint density at radius 1 is 1.20 bits per heavy atom. The number of carbonyl (C=O) groups excluding carboxylic acids is 1. The van der Waals surface area contributed by atoms with Crippen LogP contribution in [0, 0.1) is 11.8 Å². The average Bonchev–Trinajstić information content (AvgIpc) is 3.14. The van der Waals surface area contributed by atoms with Crippen LogP contribution < -0.4 is 0 Å². The molecule has 0 bridgehead atoms. The topological polar surface area (TPSA) is 88.1 Å². The second-order valence-corrected chi connectivity index (χ2v) is 7.42. The third-order valence-electron chi connectivity index (χ3n) is 3.25. The number of benzene rings is 1. The van der Waals surface area contributed by atoms with Crippen molar-refractivity contribution in [2.45, 2.75) is 4.90 Å². The number of pyridine rings is 1. The van der Waals surface area contributed by atoms with Crippen molar-refractivity contribution in [1.29, 1.82) is 0 Å². The van der Waals surface area contributed by atoms with Crippen molar-refractivity contribution in [3.05, 3.63) is 78.1 Å². The summed E-state index contributed by atoms with van der Waals surface area (Å²) in [5.41, 5.74) is 0.775. The number of amides is 1. The highest BCUT2D eigenvalue weighted by Crippen LogP contribution is 2.13. The first-order valence-corrected chi connectivity index (χ1v) is 9.25. The van der Waals surface area contributed by atoms with Gasteiger partial charge in [-0.1, -0.05) is 24.1 Å². The number of hydrogen-bond acceptors (Lipinski definition) is 4. The number of imidazole rings is 1. The molecular formula is C18H14N4O2S. The first-order chi connectivity index (χ1) is 12.0. The van der Waals surface area contributed by atoms with Crippen molar-refractivity contribution in [2.24, 2.45) is 4.36 Å². The molecule has 0 saturated heterocycles. The van der Waals surface area contributed by atoms with E-state index in [0.29, 0.717) is 16.3 Å². The molecule has 0 aliphatic carbocycles. The lowest BCUT2D eigenvalue weighted by molar-refractivity contribution is 0.100. The van der Waals surface area contributed by atoms with E-state index in [4.69, 9.17) is 0 Å². The van der Waals surface area contributed by atoms with E-state index in [0.717, 1.165) is 0 Å². The number of hydrogen-bond donors (Lipinski definition) is 1. The summed E-state index contributed by atoms with van der Waals surface area (Å²) >= 11 is 0. The van der Waals surface area contributed by atoms with Crippen molar-refractivity contribution in [3.8, 4) is 11.8 Å². The highest BCUT2D eigenvalue weighted by molar-refractivity contribution is 7.93. The standard InChI is InChI=1S/C18H14N4O2S/c1-25(24,16-5-3-2-4-6-16)22-18(23)15-11-14(12-19-13-15)7-8-17-20-9-10-21-17/h2-6,9-13H,1H3,(H,20,21)/t25-/m0/s1. The summed E-state index contributed by atoms with van der Waals surface area (Å²) in [6.45, 7) is 0. The Hall–Kier alpha value is -3.24. The molecule has 0 aliphatic rings. The van der Waals surface area contributed by atoms with Crippen molar-refractivity contribution in [1.82, 2.24) is 15.0 Å². The first-order valence-electron chi connectivity index (χ1n) is 7.32. The molecule has 7 heteroatoms. The Balaban J connectivity index is 1.89. The van der Waals surface area contributed by atoms with Gasteiger partial charge in [0.15, 0.2) is 5.82 Å². The minimum atomic E-state index is -2.82. The summed E-state index contributed by atoms with van der Waals surface area (Å²) in [4.78, 5) is 23.7. The Kier molecular flexibility index (Phi) is 4.73. The van der Waals surface area contributed by atoms with Gasteiger partial charge in [-0.3, -0.25) is 9.78 Å². The van der Waals surface area contributed by atoms with E-state index >= 15 is 0 Å². The average molecular weight is 350 g/mol. The highest BCUT2D eigenvalue weighted by Gasteiger charge is 2.11. The monoisotopic (exact) mass is 350 g/mol. The zero-order valence-corrected chi connectivity index (χ0v) is 14.2. The summed E-state index contributed by atoms with van der Waals surface area (Å²) in [7, 11) is -2.82. The van der Waals surface area contributed by atoms with Crippen LogP contribution in [-0.2, 0) is 9.73 Å². The lowest BCUT2D eigenvalue weighted by Crippen LogP contribution is -2.04. The van der Waals surface area contributed by atoms with Crippen molar-refractivity contribution >= 4 is 15.6 Å². The second-order valence-electron chi connectivity index (χ2n) is 5.16. The van der Waals surface area contributed by atoms with Crippen LogP contribution in [0.1, 0.15) is 21.7 Å². The van der Waals surface area contributed by atoms with Gasteiger partial charge in [0.1, 0.15) is 0 Å². The van der Waals surface area contributed by atoms with E-state index in [-0.39, 0.29) is 5.56 Å². The molecular weight excluding hydrogens is 336 g/mol. The number of carbonyl (C=O) groups is 1. The van der Waals surface area contributed by atoms with Gasteiger partial charge in [-0.15, -0.1) is 0 Å². The van der Waals surface area contributed by atoms with Crippen LogP contribution >= 0.6 is 0 Å². The van der Waals surface area contributed by atoms with E-state index in [9.17, 15) is 9.00 Å². The molecule has 3 aromatic rings. The molecule has 1 N–H and O–H groups in total. The fourth-order valence-electron chi connectivity index (χ4n) is 2.03. The lowest BCUT2D eigenvalue weighted by atomic mass is 10.2. The molecule has 25 heavy (non-hydrogen) atoms. The molecule has 0 unspecified atom stereocenters. The maximum Gasteiger partial charge on any atom is 0.286 e. The molecule has 0 saturated carbocycles. The highest BCUT2D eigenvalue weighted by atomic mass is 32.2. The van der Waals surface area contributed by atoms with E-state index in [1.165, 1.54) is 18.6 Å². The van der Waals surface area contributed by atoms with Gasteiger partial charge in [-0.2, -0.15) is 4.36 Å². The summed E-state index contributed by atoms with van der Waals surface area (Å²) < 4.78 is 16.6. The second kappa shape index (κ2) is 7.11. The van der Waals surface area contributed by atoms with Crippen molar-refractivity contribution in [2.75, 3.05) is 6.26 Å². The third kappa shape index (κ3) is 4.19. The van der Waals surface area contributed by atoms with Crippen LogP contribution in [0.4, 0.5) is 0 Å². The maximum absolute atomic E-state index is 12.7. The first kappa shape index (κ1) is 16.6. The van der Waals surface area contributed by atoms with Crippen LogP contribution in [0.3, 0.4) is 0 Å². The van der Waals surface area contributed by atoms with E-state index in [1.54, 1.807) is 42.7 Å². The van der Waals surface area contributed by atoms with Crippen molar-refractivity contribution < 1.29 is 9.00 Å². The Bertz CT molecular complexity index is 1070. The molecule has 2 aromatic heterocycles. The van der Waals surface area contributed by atoms with Gasteiger partial charge in [0.05, 0.1) is 15.3 Å². The minimum absolute atomic E-state index is 0.233. The van der Waals surface area contributed by atoms with Gasteiger partial charge >= 0.3 is 0 Å². The molecule has 0 spiro atoms. The number of H-pyrrole nitrogens is 1. The zero-order chi connectivity index (χ0) is 17.7. The lowest BCUT2D eigenvalue weighted by Gasteiger charge is -2.03. The van der Waals surface area contributed by atoms with Gasteiger partial charge in [-0.25, -0.2) is 9.19 Å². The van der Waals surface area contributed by atoms with Crippen molar-refractivity contribution in [3.63, 3.8) is 0 Å². The van der Waals surface area contributed by atoms with E-state index in [1.807, 2.05) is 6.07 Å². The smallest absolute Gasteiger partial charge is 0.286 e. The quantitative estimate of drug-likeness (QED) is 0.719. The molecule has 0 aliphatic heterocycles. The Labute approximate surface area is 145 Å². The molecule has 6 nitrogen and oxygen atoms in total. The van der Waals surface area contributed by atoms with Crippen LogP contribution in [-0.4, -0.2) is 31.3 Å². The summed E-state index contributed by atoms with van der Waals surface area (Å²) in [5.74, 6) is 5.62.